The lowest BCUT2D eigenvalue weighted by atomic mass is 10.0. The van der Waals surface area contributed by atoms with Gasteiger partial charge in [-0.25, -0.2) is 0 Å². The van der Waals surface area contributed by atoms with Crippen LogP contribution < -0.4 is 21.5 Å². The van der Waals surface area contributed by atoms with Crippen molar-refractivity contribution in [2.24, 2.45) is 5.92 Å². The van der Waals surface area contributed by atoms with Gasteiger partial charge >= 0.3 is 0 Å². The molecule has 2 rings (SSSR count). The molecule has 1 aromatic rings. The van der Waals surface area contributed by atoms with Crippen LogP contribution in [0, 0.1) is 5.92 Å². The third-order valence-electron chi connectivity index (χ3n) is 3.25. The van der Waals surface area contributed by atoms with Crippen LogP contribution in [0.25, 0.3) is 0 Å². The van der Waals surface area contributed by atoms with Crippen LogP contribution in [0.4, 0.5) is 11.4 Å². The molecule has 0 radical (unpaired) electrons. The molecule has 0 aliphatic carbocycles. The van der Waals surface area contributed by atoms with E-state index in [9.17, 15) is 0 Å². The van der Waals surface area contributed by atoms with Gasteiger partial charge in [0.2, 0.25) is 0 Å². The van der Waals surface area contributed by atoms with E-state index in [1.54, 1.807) is 12.1 Å². The molecule has 5 N–H and O–H groups in total. The molecule has 4 nitrogen and oxygen atoms in total. The van der Waals surface area contributed by atoms with Crippen LogP contribution in [-0.2, 0) is 0 Å². The maximum absolute atomic E-state index is 5.71. The predicted octanol–water partition coefficient (Wildman–Crippen LogP) is 1.62. The van der Waals surface area contributed by atoms with E-state index in [0.29, 0.717) is 11.4 Å². The van der Waals surface area contributed by atoms with Crippen LogP contribution in [0.1, 0.15) is 19.3 Å². The quantitative estimate of drug-likeness (QED) is 0.535. The molecule has 1 aromatic carbocycles. The first-order valence-corrected chi connectivity index (χ1v) is 6.24. The maximum Gasteiger partial charge on any atom is 0.121 e. The fourth-order valence-corrected chi connectivity index (χ4v) is 2.17. The van der Waals surface area contributed by atoms with Crippen molar-refractivity contribution < 1.29 is 4.74 Å². The first-order chi connectivity index (χ1) is 8.25. The first kappa shape index (κ1) is 12.0. The lowest BCUT2D eigenvalue weighted by Crippen LogP contribution is -2.10. The molecule has 0 bridgehead atoms. The molecule has 1 unspecified atom stereocenters. The summed E-state index contributed by atoms with van der Waals surface area (Å²) in [6.45, 7) is 3.08. The van der Waals surface area contributed by atoms with E-state index >= 15 is 0 Å². The second-order valence-corrected chi connectivity index (χ2v) is 4.64. The highest BCUT2D eigenvalue weighted by Crippen LogP contribution is 2.22. The minimum absolute atomic E-state index is 0.586. The SMILES string of the molecule is Nc1ccc(OCCCC2CCNC2)cc1N. The van der Waals surface area contributed by atoms with Crippen molar-refractivity contribution in [2.75, 3.05) is 31.2 Å². The van der Waals surface area contributed by atoms with Crippen LogP contribution in [0.2, 0.25) is 0 Å². The summed E-state index contributed by atoms with van der Waals surface area (Å²) in [6, 6.07) is 5.43. The van der Waals surface area contributed by atoms with Gasteiger partial charge in [-0.1, -0.05) is 0 Å². The Morgan fingerprint density at radius 2 is 2.18 bits per heavy atom. The lowest BCUT2D eigenvalue weighted by molar-refractivity contribution is 0.295. The average molecular weight is 235 g/mol. The second kappa shape index (κ2) is 5.77. The largest absolute Gasteiger partial charge is 0.494 e. The monoisotopic (exact) mass is 235 g/mol. The van der Waals surface area contributed by atoms with E-state index in [2.05, 4.69) is 5.32 Å². The second-order valence-electron chi connectivity index (χ2n) is 4.64. The van der Waals surface area contributed by atoms with Gasteiger partial charge < -0.3 is 21.5 Å². The van der Waals surface area contributed by atoms with Crippen LogP contribution >= 0.6 is 0 Å². The Balaban J connectivity index is 1.68. The van der Waals surface area contributed by atoms with Crippen molar-refractivity contribution in [3.05, 3.63) is 18.2 Å². The summed E-state index contributed by atoms with van der Waals surface area (Å²) in [5.41, 5.74) is 12.5. The number of nitrogens with one attached hydrogen (secondary N) is 1. The lowest BCUT2D eigenvalue weighted by Gasteiger charge is -2.10. The molecule has 0 spiro atoms. The van der Waals surface area contributed by atoms with Crippen LogP contribution in [-0.4, -0.2) is 19.7 Å². The van der Waals surface area contributed by atoms with Gasteiger partial charge in [-0.3, -0.25) is 0 Å². The summed E-state index contributed by atoms with van der Waals surface area (Å²) in [6.07, 6.45) is 3.63. The summed E-state index contributed by atoms with van der Waals surface area (Å²) < 4.78 is 5.65. The number of rotatable bonds is 5. The number of hydrogen-bond donors (Lipinski definition) is 3. The highest BCUT2D eigenvalue weighted by Gasteiger charge is 2.13. The topological polar surface area (TPSA) is 73.3 Å². The summed E-state index contributed by atoms with van der Waals surface area (Å²) in [5, 5.41) is 3.37. The molecule has 1 aliphatic heterocycles. The number of nitrogens with two attached hydrogens (primary N) is 2. The van der Waals surface area contributed by atoms with Crippen molar-refractivity contribution in [1.82, 2.24) is 5.32 Å². The molecule has 17 heavy (non-hydrogen) atoms. The molecule has 1 fully saturated rings. The van der Waals surface area contributed by atoms with Crippen LogP contribution in [0.5, 0.6) is 5.75 Å². The molecule has 0 saturated carbocycles. The average Bonchev–Trinajstić information content (AvgIpc) is 2.82. The zero-order valence-electron chi connectivity index (χ0n) is 10.1. The van der Waals surface area contributed by atoms with Crippen molar-refractivity contribution in [3.63, 3.8) is 0 Å². The van der Waals surface area contributed by atoms with Crippen LogP contribution in [0.15, 0.2) is 18.2 Å². The molecule has 1 heterocycles. The van der Waals surface area contributed by atoms with Crippen molar-refractivity contribution >= 4 is 11.4 Å². The zero-order chi connectivity index (χ0) is 12.1. The van der Waals surface area contributed by atoms with E-state index in [0.717, 1.165) is 31.2 Å². The predicted molar refractivity (Wildman–Crippen MR) is 71.0 cm³/mol. The molecule has 0 aromatic heterocycles. The van der Waals surface area contributed by atoms with Crippen LogP contribution in [0.3, 0.4) is 0 Å². The molecule has 1 atom stereocenters. The summed E-state index contributed by atoms with van der Waals surface area (Å²) in [4.78, 5) is 0. The van der Waals surface area contributed by atoms with Crippen molar-refractivity contribution in [1.29, 1.82) is 0 Å². The van der Waals surface area contributed by atoms with Gasteiger partial charge in [-0.2, -0.15) is 0 Å². The van der Waals surface area contributed by atoms with Gasteiger partial charge in [0, 0.05) is 6.07 Å². The summed E-state index contributed by atoms with van der Waals surface area (Å²) in [5.74, 6) is 1.64. The summed E-state index contributed by atoms with van der Waals surface area (Å²) in [7, 11) is 0. The molecule has 1 saturated heterocycles. The molecule has 4 heteroatoms. The molecule has 1 aliphatic rings. The number of benzene rings is 1. The molecular weight excluding hydrogens is 214 g/mol. The Morgan fingerprint density at radius 3 is 2.88 bits per heavy atom. The third kappa shape index (κ3) is 3.53. The first-order valence-electron chi connectivity index (χ1n) is 6.24. The van der Waals surface area contributed by atoms with Crippen molar-refractivity contribution in [3.8, 4) is 5.75 Å². The normalized spacial score (nSPS) is 19.4. The minimum atomic E-state index is 0.586. The van der Waals surface area contributed by atoms with E-state index in [4.69, 9.17) is 16.2 Å². The Bertz CT molecular complexity index is 362. The fourth-order valence-electron chi connectivity index (χ4n) is 2.17. The smallest absolute Gasteiger partial charge is 0.121 e. The van der Waals surface area contributed by atoms with Gasteiger partial charge in [0.1, 0.15) is 5.75 Å². The molecule has 0 amide bonds. The van der Waals surface area contributed by atoms with Gasteiger partial charge in [0.05, 0.1) is 18.0 Å². The van der Waals surface area contributed by atoms with E-state index in [1.807, 2.05) is 6.07 Å². The number of hydrogen-bond acceptors (Lipinski definition) is 4. The Labute approximate surface area is 102 Å². The summed E-state index contributed by atoms with van der Waals surface area (Å²) >= 11 is 0. The molecule has 94 valence electrons. The third-order valence-corrected chi connectivity index (χ3v) is 3.25. The number of nitrogen functional groups attached to an aromatic ring is 2. The number of anilines is 2. The maximum atomic E-state index is 5.71. The molecular formula is C13H21N3O. The minimum Gasteiger partial charge on any atom is -0.494 e. The van der Waals surface area contributed by atoms with Gasteiger partial charge in [-0.15, -0.1) is 0 Å². The fraction of sp³-hybridized carbons (Fsp3) is 0.538. The Hall–Kier alpha value is -1.42. The zero-order valence-corrected chi connectivity index (χ0v) is 10.1. The Morgan fingerprint density at radius 1 is 1.29 bits per heavy atom. The highest BCUT2D eigenvalue weighted by atomic mass is 16.5. The Kier molecular flexibility index (Phi) is 4.09. The van der Waals surface area contributed by atoms with E-state index in [-0.39, 0.29) is 0 Å². The standard InChI is InChI=1S/C13H21N3O/c14-12-4-3-11(8-13(12)15)17-7-1-2-10-5-6-16-9-10/h3-4,8,10,16H,1-2,5-7,9,14-15H2. The van der Waals surface area contributed by atoms with E-state index < -0.39 is 0 Å². The highest BCUT2D eigenvalue weighted by molar-refractivity contribution is 5.65. The number of ether oxygens (including phenoxy) is 1. The van der Waals surface area contributed by atoms with E-state index in [1.165, 1.54) is 19.4 Å². The van der Waals surface area contributed by atoms with Gasteiger partial charge in [-0.05, 0) is 50.4 Å². The van der Waals surface area contributed by atoms with Crippen molar-refractivity contribution in [2.45, 2.75) is 19.3 Å². The van der Waals surface area contributed by atoms with Gasteiger partial charge in [0.25, 0.3) is 0 Å². The van der Waals surface area contributed by atoms with Gasteiger partial charge in [0.15, 0.2) is 0 Å².